The number of benzene rings is 1. The molecule has 0 bridgehead atoms. The van der Waals surface area contributed by atoms with Crippen LogP contribution in [0.5, 0.6) is 0 Å². The molecule has 7 heteroatoms. The third-order valence-electron chi connectivity index (χ3n) is 4.21. The van der Waals surface area contributed by atoms with Gasteiger partial charge in [-0.05, 0) is 38.3 Å². The first-order valence-electron chi connectivity index (χ1n) is 7.54. The first kappa shape index (κ1) is 15.2. The number of carbonyl (C=O) groups is 1. The molecule has 1 aliphatic rings. The van der Waals surface area contributed by atoms with E-state index in [2.05, 4.69) is 15.3 Å². The van der Waals surface area contributed by atoms with E-state index in [1.54, 1.807) is 13.0 Å². The number of hydrogen-bond donors (Lipinski definition) is 2. The van der Waals surface area contributed by atoms with E-state index < -0.39 is 4.92 Å². The topological polar surface area (TPSA) is 101 Å². The van der Waals surface area contributed by atoms with Crippen LogP contribution in [0.4, 0.5) is 11.4 Å². The van der Waals surface area contributed by atoms with Gasteiger partial charge < -0.3 is 10.3 Å². The summed E-state index contributed by atoms with van der Waals surface area (Å²) in [5.41, 5.74) is 3.41. The molecule has 2 N–H and O–H groups in total. The molecule has 1 unspecified atom stereocenters. The van der Waals surface area contributed by atoms with Crippen LogP contribution in [-0.2, 0) is 17.6 Å². The summed E-state index contributed by atoms with van der Waals surface area (Å²) in [5.74, 6) is 0.707. The van der Waals surface area contributed by atoms with E-state index in [4.69, 9.17) is 0 Å². The molecule has 0 fully saturated rings. The Kier molecular flexibility index (Phi) is 3.85. The third kappa shape index (κ3) is 3.08. The van der Waals surface area contributed by atoms with Crippen molar-refractivity contribution in [3.63, 3.8) is 0 Å². The summed E-state index contributed by atoms with van der Waals surface area (Å²) >= 11 is 0. The summed E-state index contributed by atoms with van der Waals surface area (Å²) in [6.07, 6.45) is 2.19. The van der Waals surface area contributed by atoms with Crippen LogP contribution in [0.2, 0.25) is 0 Å². The SMILES string of the molecule is Cc1nc2c([nH]1)CC(C(=O)Nc1ccc([N+](=O)[O-])cc1C)CC2. The molecule has 1 aromatic heterocycles. The van der Waals surface area contributed by atoms with Crippen LogP contribution in [0, 0.1) is 29.9 Å². The second-order valence-corrected chi connectivity index (χ2v) is 5.93. The molecule has 0 aliphatic heterocycles. The number of hydrogen-bond acceptors (Lipinski definition) is 4. The Morgan fingerprint density at radius 2 is 2.22 bits per heavy atom. The lowest BCUT2D eigenvalue weighted by molar-refractivity contribution is -0.384. The van der Waals surface area contributed by atoms with E-state index >= 15 is 0 Å². The fourth-order valence-corrected chi connectivity index (χ4v) is 2.98. The number of aromatic amines is 1. The number of nitro groups is 1. The third-order valence-corrected chi connectivity index (χ3v) is 4.21. The van der Waals surface area contributed by atoms with Crippen LogP contribution in [0.1, 0.15) is 29.2 Å². The second kappa shape index (κ2) is 5.83. The molecule has 0 saturated heterocycles. The Hall–Kier alpha value is -2.70. The lowest BCUT2D eigenvalue weighted by atomic mass is 9.89. The Labute approximate surface area is 133 Å². The molecule has 1 aromatic carbocycles. The molecule has 0 saturated carbocycles. The Bertz CT molecular complexity index is 782. The Morgan fingerprint density at radius 3 is 2.91 bits per heavy atom. The number of imidazole rings is 1. The lowest BCUT2D eigenvalue weighted by Crippen LogP contribution is -2.28. The molecular weight excluding hydrogens is 296 g/mol. The molecule has 1 amide bonds. The molecule has 2 aromatic rings. The molecule has 0 radical (unpaired) electrons. The van der Waals surface area contributed by atoms with Gasteiger partial charge >= 0.3 is 0 Å². The molecule has 1 aliphatic carbocycles. The molecule has 3 rings (SSSR count). The monoisotopic (exact) mass is 314 g/mol. The maximum atomic E-state index is 12.5. The van der Waals surface area contributed by atoms with Crippen molar-refractivity contribution in [1.82, 2.24) is 9.97 Å². The first-order valence-corrected chi connectivity index (χ1v) is 7.54. The van der Waals surface area contributed by atoms with E-state index in [-0.39, 0.29) is 17.5 Å². The van der Waals surface area contributed by atoms with Gasteiger partial charge in [0.1, 0.15) is 5.82 Å². The van der Waals surface area contributed by atoms with Gasteiger partial charge in [-0.15, -0.1) is 0 Å². The van der Waals surface area contributed by atoms with Gasteiger partial charge in [0, 0.05) is 35.9 Å². The first-order chi connectivity index (χ1) is 10.9. The highest BCUT2D eigenvalue weighted by Crippen LogP contribution is 2.26. The number of carbonyl (C=O) groups excluding carboxylic acids is 1. The highest BCUT2D eigenvalue weighted by molar-refractivity contribution is 5.93. The van der Waals surface area contributed by atoms with Crippen molar-refractivity contribution in [2.24, 2.45) is 5.92 Å². The minimum atomic E-state index is -0.443. The normalized spacial score (nSPS) is 16.7. The van der Waals surface area contributed by atoms with Crippen molar-refractivity contribution < 1.29 is 9.72 Å². The van der Waals surface area contributed by atoms with Gasteiger partial charge in [-0.2, -0.15) is 0 Å². The van der Waals surface area contributed by atoms with Gasteiger partial charge in [0.05, 0.1) is 10.6 Å². The molecule has 1 heterocycles. The smallest absolute Gasteiger partial charge is 0.269 e. The molecule has 0 spiro atoms. The molecule has 23 heavy (non-hydrogen) atoms. The van der Waals surface area contributed by atoms with Crippen molar-refractivity contribution in [3.05, 3.63) is 51.1 Å². The van der Waals surface area contributed by atoms with E-state index in [0.29, 0.717) is 17.7 Å². The summed E-state index contributed by atoms with van der Waals surface area (Å²) in [6.45, 7) is 3.66. The highest BCUT2D eigenvalue weighted by Gasteiger charge is 2.27. The number of non-ortho nitro benzene ring substituents is 1. The lowest BCUT2D eigenvalue weighted by Gasteiger charge is -2.21. The average molecular weight is 314 g/mol. The van der Waals surface area contributed by atoms with E-state index in [0.717, 1.165) is 30.1 Å². The van der Waals surface area contributed by atoms with Crippen molar-refractivity contribution in [3.8, 4) is 0 Å². The van der Waals surface area contributed by atoms with Gasteiger partial charge in [-0.3, -0.25) is 14.9 Å². The second-order valence-electron chi connectivity index (χ2n) is 5.93. The zero-order chi connectivity index (χ0) is 16.6. The predicted octanol–water partition coefficient (Wildman–Crippen LogP) is 2.68. The quantitative estimate of drug-likeness (QED) is 0.671. The number of aryl methyl sites for hydroxylation is 3. The minimum Gasteiger partial charge on any atom is -0.346 e. The average Bonchev–Trinajstić information content (AvgIpc) is 2.88. The van der Waals surface area contributed by atoms with E-state index in [1.807, 2.05) is 6.92 Å². The summed E-state index contributed by atoms with van der Waals surface area (Å²) in [5, 5.41) is 13.6. The van der Waals surface area contributed by atoms with E-state index in [1.165, 1.54) is 12.1 Å². The van der Waals surface area contributed by atoms with Crippen LogP contribution in [-0.4, -0.2) is 20.8 Å². The Morgan fingerprint density at radius 1 is 1.43 bits per heavy atom. The maximum absolute atomic E-state index is 12.5. The van der Waals surface area contributed by atoms with Gasteiger partial charge in [-0.25, -0.2) is 4.98 Å². The molecule has 7 nitrogen and oxygen atoms in total. The number of nitrogens with one attached hydrogen (secondary N) is 2. The van der Waals surface area contributed by atoms with E-state index in [9.17, 15) is 14.9 Å². The molecule has 120 valence electrons. The minimum absolute atomic E-state index is 0.0238. The number of nitrogens with zero attached hydrogens (tertiary/aromatic N) is 2. The summed E-state index contributed by atoms with van der Waals surface area (Å²) < 4.78 is 0. The predicted molar refractivity (Wildman–Crippen MR) is 85.3 cm³/mol. The Balaban J connectivity index is 1.71. The summed E-state index contributed by atoms with van der Waals surface area (Å²) in [7, 11) is 0. The zero-order valence-corrected chi connectivity index (χ0v) is 13.0. The van der Waals surface area contributed by atoms with Gasteiger partial charge in [0.2, 0.25) is 5.91 Å². The van der Waals surface area contributed by atoms with Crippen LogP contribution >= 0.6 is 0 Å². The van der Waals surface area contributed by atoms with Crippen LogP contribution in [0.25, 0.3) is 0 Å². The van der Waals surface area contributed by atoms with Crippen molar-refractivity contribution >= 4 is 17.3 Å². The fourth-order valence-electron chi connectivity index (χ4n) is 2.98. The summed E-state index contributed by atoms with van der Waals surface area (Å²) in [4.78, 5) is 30.4. The van der Waals surface area contributed by atoms with Crippen molar-refractivity contribution in [1.29, 1.82) is 0 Å². The molecular formula is C16H18N4O3. The largest absolute Gasteiger partial charge is 0.346 e. The van der Waals surface area contributed by atoms with Gasteiger partial charge in [0.15, 0.2) is 0 Å². The number of nitro benzene ring substituents is 1. The number of rotatable bonds is 3. The number of fused-ring (bicyclic) bond motifs is 1. The summed E-state index contributed by atoms with van der Waals surface area (Å²) in [6, 6.07) is 4.45. The van der Waals surface area contributed by atoms with Crippen LogP contribution in [0.15, 0.2) is 18.2 Å². The standard InChI is InChI=1S/C16H18N4O3/c1-9-7-12(20(22)23)4-6-13(9)19-16(21)11-3-5-14-15(8-11)18-10(2)17-14/h4,6-7,11H,3,5,8H2,1-2H3,(H,17,18)(H,19,21). The number of anilines is 1. The number of H-pyrrole nitrogens is 1. The zero-order valence-electron chi connectivity index (χ0n) is 13.0. The fraction of sp³-hybridized carbons (Fsp3) is 0.375. The number of aromatic nitrogens is 2. The molecule has 1 atom stereocenters. The van der Waals surface area contributed by atoms with Crippen LogP contribution < -0.4 is 5.32 Å². The van der Waals surface area contributed by atoms with Crippen LogP contribution in [0.3, 0.4) is 0 Å². The van der Waals surface area contributed by atoms with Gasteiger partial charge in [0.25, 0.3) is 5.69 Å². The number of amides is 1. The van der Waals surface area contributed by atoms with Crippen molar-refractivity contribution in [2.75, 3.05) is 5.32 Å². The van der Waals surface area contributed by atoms with Gasteiger partial charge in [-0.1, -0.05) is 0 Å². The maximum Gasteiger partial charge on any atom is 0.269 e. The van der Waals surface area contributed by atoms with Crippen molar-refractivity contribution in [2.45, 2.75) is 33.1 Å². The highest BCUT2D eigenvalue weighted by atomic mass is 16.6.